The van der Waals surface area contributed by atoms with Crippen molar-refractivity contribution < 1.29 is 19.5 Å². The summed E-state index contributed by atoms with van der Waals surface area (Å²) in [6.07, 6.45) is 3.26. The van der Waals surface area contributed by atoms with E-state index in [4.69, 9.17) is 5.11 Å². The number of carbonyl (C=O) groups excluding carboxylic acids is 2. The van der Waals surface area contributed by atoms with Gasteiger partial charge in [-0.3, -0.25) is 14.4 Å². The van der Waals surface area contributed by atoms with Gasteiger partial charge in [0.1, 0.15) is 6.04 Å². The van der Waals surface area contributed by atoms with E-state index in [0.717, 1.165) is 12.8 Å². The van der Waals surface area contributed by atoms with Crippen LogP contribution in [-0.4, -0.2) is 46.9 Å². The Morgan fingerprint density at radius 1 is 1.32 bits per heavy atom. The average Bonchev–Trinajstić information content (AvgIpc) is 2.83. The minimum atomic E-state index is -0.866. The van der Waals surface area contributed by atoms with E-state index in [9.17, 15) is 14.4 Å². The molecule has 1 fully saturated rings. The van der Waals surface area contributed by atoms with Crippen molar-refractivity contribution in [1.29, 1.82) is 0 Å². The largest absolute Gasteiger partial charge is 0.481 e. The number of carboxylic acid groups (broad SMARTS) is 1. The zero-order chi connectivity index (χ0) is 14.3. The number of carboxylic acids is 1. The molecule has 1 atom stereocenters. The topological polar surface area (TPSA) is 86.7 Å². The molecule has 1 aliphatic rings. The number of amides is 2. The maximum atomic E-state index is 12.0. The summed E-state index contributed by atoms with van der Waals surface area (Å²) in [5, 5.41) is 11.2. The molecule has 0 saturated carbocycles. The van der Waals surface area contributed by atoms with Crippen LogP contribution in [0.2, 0.25) is 0 Å². The van der Waals surface area contributed by atoms with E-state index in [1.54, 1.807) is 4.90 Å². The lowest BCUT2D eigenvalue weighted by molar-refractivity contribution is -0.138. The molecule has 0 aromatic heterocycles. The first-order valence-electron chi connectivity index (χ1n) is 6.85. The van der Waals surface area contributed by atoms with Gasteiger partial charge in [0.05, 0.1) is 0 Å². The smallest absolute Gasteiger partial charge is 0.303 e. The molecule has 0 spiro atoms. The first-order chi connectivity index (χ1) is 9.06. The van der Waals surface area contributed by atoms with Gasteiger partial charge >= 0.3 is 5.97 Å². The number of hydrogen-bond acceptors (Lipinski definition) is 3. The molecule has 1 rings (SSSR count). The molecule has 0 aromatic rings. The fraction of sp³-hybridized carbons (Fsp3) is 0.769. The number of carbonyl (C=O) groups is 3. The summed E-state index contributed by atoms with van der Waals surface area (Å²) < 4.78 is 0. The fourth-order valence-corrected chi connectivity index (χ4v) is 2.26. The van der Waals surface area contributed by atoms with Gasteiger partial charge in [-0.05, 0) is 25.7 Å². The molecule has 0 aromatic carbocycles. The zero-order valence-electron chi connectivity index (χ0n) is 11.4. The normalized spacial score (nSPS) is 18.4. The first-order valence-corrected chi connectivity index (χ1v) is 6.85. The van der Waals surface area contributed by atoms with Crippen LogP contribution < -0.4 is 5.32 Å². The van der Waals surface area contributed by atoms with Gasteiger partial charge < -0.3 is 15.3 Å². The molecular formula is C13H22N2O4. The second kappa shape index (κ2) is 7.76. The third-order valence-electron chi connectivity index (χ3n) is 3.21. The highest BCUT2D eigenvalue weighted by atomic mass is 16.4. The molecule has 2 amide bonds. The van der Waals surface area contributed by atoms with Crippen LogP contribution in [0.4, 0.5) is 0 Å². The Morgan fingerprint density at radius 3 is 2.68 bits per heavy atom. The van der Waals surface area contributed by atoms with Crippen molar-refractivity contribution in [1.82, 2.24) is 10.2 Å². The van der Waals surface area contributed by atoms with E-state index in [2.05, 4.69) is 5.32 Å². The van der Waals surface area contributed by atoms with Crippen molar-refractivity contribution in [3.8, 4) is 0 Å². The Bertz CT molecular complexity index is 344. The Kier molecular flexibility index (Phi) is 6.32. The number of rotatable bonds is 7. The minimum Gasteiger partial charge on any atom is -0.481 e. The highest BCUT2D eigenvalue weighted by Crippen LogP contribution is 2.18. The summed E-state index contributed by atoms with van der Waals surface area (Å²) in [7, 11) is 0. The molecule has 1 aliphatic heterocycles. The Balaban J connectivity index is 2.37. The van der Waals surface area contributed by atoms with Crippen LogP contribution in [0.25, 0.3) is 0 Å². The summed E-state index contributed by atoms with van der Waals surface area (Å²) >= 11 is 0. The van der Waals surface area contributed by atoms with Crippen LogP contribution in [0.3, 0.4) is 0 Å². The Morgan fingerprint density at radius 2 is 2.05 bits per heavy atom. The van der Waals surface area contributed by atoms with E-state index in [1.165, 1.54) is 0 Å². The van der Waals surface area contributed by atoms with Crippen molar-refractivity contribution in [2.24, 2.45) is 0 Å². The van der Waals surface area contributed by atoms with Crippen LogP contribution in [0.5, 0.6) is 0 Å². The SMILES string of the molecule is CCCC(=O)N1CCCC1C(=O)NCCCC(=O)O. The first kappa shape index (κ1) is 15.5. The van der Waals surface area contributed by atoms with E-state index < -0.39 is 5.97 Å². The average molecular weight is 270 g/mol. The summed E-state index contributed by atoms with van der Waals surface area (Å²) in [5.74, 6) is -0.993. The molecule has 6 nitrogen and oxygen atoms in total. The zero-order valence-corrected chi connectivity index (χ0v) is 11.4. The van der Waals surface area contributed by atoms with Crippen LogP contribution >= 0.6 is 0 Å². The monoisotopic (exact) mass is 270 g/mol. The van der Waals surface area contributed by atoms with Crippen molar-refractivity contribution in [3.05, 3.63) is 0 Å². The molecule has 19 heavy (non-hydrogen) atoms. The standard InChI is InChI=1S/C13H22N2O4/c1-2-5-11(16)15-9-4-6-10(15)13(19)14-8-3-7-12(17)18/h10H,2-9H2,1H3,(H,14,19)(H,17,18). The molecule has 1 heterocycles. The highest BCUT2D eigenvalue weighted by Gasteiger charge is 2.33. The predicted molar refractivity (Wildman–Crippen MR) is 69.5 cm³/mol. The lowest BCUT2D eigenvalue weighted by Gasteiger charge is -2.23. The number of aliphatic carboxylic acids is 1. The van der Waals surface area contributed by atoms with Crippen LogP contribution in [0.15, 0.2) is 0 Å². The van der Waals surface area contributed by atoms with E-state index in [1.807, 2.05) is 6.92 Å². The van der Waals surface area contributed by atoms with Gasteiger partial charge in [0, 0.05) is 25.9 Å². The van der Waals surface area contributed by atoms with Gasteiger partial charge in [-0.1, -0.05) is 6.92 Å². The molecule has 0 radical (unpaired) electrons. The van der Waals surface area contributed by atoms with E-state index >= 15 is 0 Å². The van der Waals surface area contributed by atoms with Crippen LogP contribution in [0, 0.1) is 0 Å². The number of hydrogen-bond donors (Lipinski definition) is 2. The number of likely N-dealkylation sites (tertiary alicyclic amines) is 1. The lowest BCUT2D eigenvalue weighted by Crippen LogP contribution is -2.46. The van der Waals surface area contributed by atoms with Crippen molar-refractivity contribution in [2.75, 3.05) is 13.1 Å². The third kappa shape index (κ3) is 4.89. The molecule has 6 heteroatoms. The van der Waals surface area contributed by atoms with Crippen LogP contribution in [-0.2, 0) is 14.4 Å². The van der Waals surface area contributed by atoms with Crippen LogP contribution in [0.1, 0.15) is 45.4 Å². The molecule has 1 saturated heterocycles. The summed E-state index contributed by atoms with van der Waals surface area (Å²) in [6, 6.07) is -0.371. The maximum absolute atomic E-state index is 12.0. The maximum Gasteiger partial charge on any atom is 0.303 e. The minimum absolute atomic E-state index is 0.0330. The van der Waals surface area contributed by atoms with E-state index in [0.29, 0.717) is 32.4 Å². The molecule has 108 valence electrons. The van der Waals surface area contributed by atoms with Gasteiger partial charge in [-0.15, -0.1) is 0 Å². The Hall–Kier alpha value is -1.59. The van der Waals surface area contributed by atoms with Gasteiger partial charge in [-0.2, -0.15) is 0 Å². The Labute approximate surface area is 113 Å². The van der Waals surface area contributed by atoms with Gasteiger partial charge in [0.25, 0.3) is 0 Å². The van der Waals surface area contributed by atoms with Gasteiger partial charge in [0.2, 0.25) is 11.8 Å². The fourth-order valence-electron chi connectivity index (χ4n) is 2.26. The molecule has 0 bridgehead atoms. The quantitative estimate of drug-likeness (QED) is 0.669. The van der Waals surface area contributed by atoms with Gasteiger partial charge in [-0.25, -0.2) is 0 Å². The second-order valence-electron chi connectivity index (χ2n) is 4.78. The molecule has 1 unspecified atom stereocenters. The van der Waals surface area contributed by atoms with Crippen molar-refractivity contribution >= 4 is 17.8 Å². The second-order valence-corrected chi connectivity index (χ2v) is 4.78. The molecule has 2 N–H and O–H groups in total. The summed E-state index contributed by atoms with van der Waals surface area (Å²) in [4.78, 5) is 35.8. The third-order valence-corrected chi connectivity index (χ3v) is 3.21. The lowest BCUT2D eigenvalue weighted by atomic mass is 10.2. The molecule has 0 aliphatic carbocycles. The van der Waals surface area contributed by atoms with Crippen molar-refractivity contribution in [3.63, 3.8) is 0 Å². The summed E-state index contributed by atoms with van der Waals surface area (Å²) in [6.45, 7) is 2.93. The molecular weight excluding hydrogens is 248 g/mol. The van der Waals surface area contributed by atoms with E-state index in [-0.39, 0.29) is 24.3 Å². The number of nitrogens with one attached hydrogen (secondary N) is 1. The van der Waals surface area contributed by atoms with Gasteiger partial charge in [0.15, 0.2) is 0 Å². The predicted octanol–water partition coefficient (Wildman–Crippen LogP) is 0.758. The van der Waals surface area contributed by atoms with Crippen molar-refractivity contribution in [2.45, 2.75) is 51.5 Å². The summed E-state index contributed by atoms with van der Waals surface area (Å²) in [5.41, 5.74) is 0. The highest BCUT2D eigenvalue weighted by molar-refractivity contribution is 5.88. The number of nitrogens with zero attached hydrogens (tertiary/aromatic N) is 1.